The highest BCUT2D eigenvalue weighted by Crippen LogP contribution is 2.27. The largest absolute Gasteiger partial charge is 0.341 e. The summed E-state index contributed by atoms with van der Waals surface area (Å²) in [5, 5.41) is 4.22. The first-order valence-electron chi connectivity index (χ1n) is 7.96. The van der Waals surface area contributed by atoms with Crippen LogP contribution in [-0.2, 0) is 18.4 Å². The van der Waals surface area contributed by atoms with Crippen LogP contribution in [0.15, 0.2) is 35.5 Å². The molecule has 0 spiro atoms. The van der Waals surface area contributed by atoms with Gasteiger partial charge in [0.1, 0.15) is 6.54 Å². The number of nitrogens with zero attached hydrogens (tertiary/aromatic N) is 4. The van der Waals surface area contributed by atoms with Crippen molar-refractivity contribution in [2.24, 2.45) is 7.05 Å². The Morgan fingerprint density at radius 2 is 2.09 bits per heavy atom. The van der Waals surface area contributed by atoms with Gasteiger partial charge in [-0.25, -0.2) is 0 Å². The minimum atomic E-state index is -0.122. The first-order valence-corrected chi connectivity index (χ1v) is 7.96. The number of amides is 1. The van der Waals surface area contributed by atoms with E-state index in [4.69, 9.17) is 0 Å². The van der Waals surface area contributed by atoms with E-state index in [0.717, 1.165) is 31.5 Å². The van der Waals surface area contributed by atoms with Crippen molar-refractivity contribution in [3.63, 3.8) is 0 Å². The third-order valence-corrected chi connectivity index (χ3v) is 4.50. The molecule has 0 atom stereocenters. The van der Waals surface area contributed by atoms with Crippen LogP contribution in [0.1, 0.15) is 29.9 Å². The number of hydrogen-bond acceptors (Lipinski definition) is 3. The van der Waals surface area contributed by atoms with Gasteiger partial charge >= 0.3 is 0 Å². The number of pyridine rings is 1. The summed E-state index contributed by atoms with van der Waals surface area (Å²) >= 11 is 0. The predicted octanol–water partition coefficient (Wildman–Crippen LogP) is 1.30. The molecule has 2 aromatic heterocycles. The highest BCUT2D eigenvalue weighted by Gasteiger charge is 2.24. The second-order valence-electron chi connectivity index (χ2n) is 6.27. The van der Waals surface area contributed by atoms with Gasteiger partial charge in [-0.15, -0.1) is 0 Å². The minimum Gasteiger partial charge on any atom is -0.341 e. The monoisotopic (exact) mass is 314 g/mol. The van der Waals surface area contributed by atoms with Crippen LogP contribution >= 0.6 is 0 Å². The van der Waals surface area contributed by atoms with Crippen molar-refractivity contribution in [3.8, 4) is 0 Å². The predicted molar refractivity (Wildman–Crippen MR) is 87.2 cm³/mol. The van der Waals surface area contributed by atoms with Gasteiger partial charge < -0.3 is 9.47 Å². The number of hydrogen-bond donors (Lipinski definition) is 0. The average Bonchev–Trinajstić information content (AvgIpc) is 2.97. The molecule has 1 saturated heterocycles. The summed E-state index contributed by atoms with van der Waals surface area (Å²) < 4.78 is 3.29. The van der Waals surface area contributed by atoms with Crippen LogP contribution in [0, 0.1) is 6.92 Å². The molecular formula is C17H22N4O2. The zero-order chi connectivity index (χ0) is 16.4. The van der Waals surface area contributed by atoms with E-state index < -0.39 is 0 Å². The molecule has 1 aliphatic rings. The summed E-state index contributed by atoms with van der Waals surface area (Å²) in [5.74, 6) is 0.482. The Morgan fingerprint density at radius 1 is 1.35 bits per heavy atom. The van der Waals surface area contributed by atoms with Gasteiger partial charge in [-0.2, -0.15) is 5.10 Å². The lowest BCUT2D eigenvalue weighted by molar-refractivity contribution is -0.132. The van der Waals surface area contributed by atoms with Crippen LogP contribution in [-0.4, -0.2) is 38.2 Å². The van der Waals surface area contributed by atoms with Gasteiger partial charge in [0.2, 0.25) is 5.91 Å². The fraction of sp³-hybridized carbons (Fsp3) is 0.471. The van der Waals surface area contributed by atoms with E-state index >= 15 is 0 Å². The van der Waals surface area contributed by atoms with Gasteiger partial charge in [0.25, 0.3) is 5.56 Å². The second-order valence-corrected chi connectivity index (χ2v) is 6.27. The van der Waals surface area contributed by atoms with Crippen molar-refractivity contribution in [1.82, 2.24) is 19.2 Å². The summed E-state index contributed by atoms with van der Waals surface area (Å²) in [4.78, 5) is 26.1. The van der Waals surface area contributed by atoms with Crippen molar-refractivity contribution in [3.05, 3.63) is 52.2 Å². The van der Waals surface area contributed by atoms with Crippen molar-refractivity contribution >= 4 is 5.91 Å². The molecule has 0 aromatic carbocycles. The molecule has 0 aliphatic carbocycles. The summed E-state index contributed by atoms with van der Waals surface area (Å²) in [6.07, 6.45) is 7.54. The average molecular weight is 314 g/mol. The molecule has 3 heterocycles. The molecule has 0 bridgehead atoms. The van der Waals surface area contributed by atoms with Crippen molar-refractivity contribution in [2.45, 2.75) is 32.2 Å². The first-order chi connectivity index (χ1) is 11.0. The Labute approximate surface area is 135 Å². The highest BCUT2D eigenvalue weighted by molar-refractivity contribution is 5.76. The molecule has 2 aromatic rings. The lowest BCUT2D eigenvalue weighted by atomic mass is 9.91. The number of likely N-dealkylation sites (tertiary alicyclic amines) is 1. The number of aromatic nitrogens is 3. The van der Waals surface area contributed by atoms with Crippen molar-refractivity contribution in [1.29, 1.82) is 0 Å². The molecule has 0 unspecified atom stereocenters. The van der Waals surface area contributed by atoms with Gasteiger partial charge in [-0.05, 0) is 42.9 Å². The quantitative estimate of drug-likeness (QED) is 0.858. The molecule has 3 rings (SSSR count). The number of aryl methyl sites for hydroxylation is 2. The Morgan fingerprint density at radius 3 is 2.70 bits per heavy atom. The standard InChI is InChI=1S/C17H22N4O2/c1-13-3-6-21(16(22)9-13)12-17(23)20-7-4-14(5-8-20)15-10-18-19(2)11-15/h3,6,9-11,14H,4-5,7-8,12H2,1-2H3. The normalized spacial score (nSPS) is 15.8. The second kappa shape index (κ2) is 6.40. The van der Waals surface area contributed by atoms with Crippen LogP contribution in [0.2, 0.25) is 0 Å². The van der Waals surface area contributed by atoms with Crippen LogP contribution in [0.3, 0.4) is 0 Å². The highest BCUT2D eigenvalue weighted by atomic mass is 16.2. The van der Waals surface area contributed by atoms with Gasteiger partial charge in [0, 0.05) is 38.6 Å². The van der Waals surface area contributed by atoms with Crippen LogP contribution in [0.25, 0.3) is 0 Å². The minimum absolute atomic E-state index is 0.0144. The van der Waals surface area contributed by atoms with E-state index in [9.17, 15) is 9.59 Å². The fourth-order valence-electron chi connectivity index (χ4n) is 3.10. The Kier molecular flexibility index (Phi) is 4.32. The lowest BCUT2D eigenvalue weighted by Gasteiger charge is -2.31. The molecular weight excluding hydrogens is 292 g/mol. The van der Waals surface area contributed by atoms with Crippen molar-refractivity contribution in [2.75, 3.05) is 13.1 Å². The summed E-state index contributed by atoms with van der Waals surface area (Å²) in [7, 11) is 1.92. The summed E-state index contributed by atoms with van der Waals surface area (Å²) in [6, 6.07) is 3.41. The maximum atomic E-state index is 12.4. The zero-order valence-corrected chi connectivity index (χ0v) is 13.6. The van der Waals surface area contributed by atoms with E-state index in [1.807, 2.05) is 42.0 Å². The maximum absolute atomic E-state index is 12.4. The number of carbonyl (C=O) groups is 1. The molecule has 0 N–H and O–H groups in total. The van der Waals surface area contributed by atoms with E-state index in [0.29, 0.717) is 5.92 Å². The Balaban J connectivity index is 1.59. The summed E-state index contributed by atoms with van der Waals surface area (Å²) in [5.41, 5.74) is 2.04. The van der Waals surface area contributed by atoms with Crippen LogP contribution in [0.5, 0.6) is 0 Å². The number of rotatable bonds is 3. The van der Waals surface area contributed by atoms with Gasteiger partial charge in [-0.1, -0.05) is 0 Å². The van der Waals surface area contributed by atoms with E-state index in [1.165, 1.54) is 10.1 Å². The molecule has 6 heteroatoms. The maximum Gasteiger partial charge on any atom is 0.251 e. The molecule has 1 aliphatic heterocycles. The molecule has 1 amide bonds. The number of carbonyl (C=O) groups excluding carboxylic acids is 1. The molecule has 122 valence electrons. The van der Waals surface area contributed by atoms with E-state index in [2.05, 4.69) is 5.10 Å². The lowest BCUT2D eigenvalue weighted by Crippen LogP contribution is -2.41. The zero-order valence-electron chi connectivity index (χ0n) is 13.6. The first kappa shape index (κ1) is 15.5. The Bertz CT molecular complexity index is 754. The fourth-order valence-corrected chi connectivity index (χ4v) is 3.10. The molecule has 0 radical (unpaired) electrons. The SMILES string of the molecule is Cc1ccn(CC(=O)N2CCC(c3cnn(C)c3)CC2)c(=O)c1. The smallest absolute Gasteiger partial charge is 0.251 e. The molecule has 6 nitrogen and oxygen atoms in total. The van der Waals surface area contributed by atoms with E-state index in [-0.39, 0.29) is 18.0 Å². The Hall–Kier alpha value is -2.37. The number of piperidine rings is 1. The molecule has 1 fully saturated rings. The van der Waals surface area contributed by atoms with E-state index in [1.54, 1.807) is 12.3 Å². The van der Waals surface area contributed by atoms with Gasteiger partial charge in [-0.3, -0.25) is 14.3 Å². The third-order valence-electron chi connectivity index (χ3n) is 4.50. The van der Waals surface area contributed by atoms with Gasteiger partial charge in [0.15, 0.2) is 0 Å². The third kappa shape index (κ3) is 3.52. The molecule has 0 saturated carbocycles. The summed E-state index contributed by atoms with van der Waals surface area (Å²) in [6.45, 7) is 3.46. The molecule has 23 heavy (non-hydrogen) atoms. The van der Waals surface area contributed by atoms with Crippen LogP contribution in [0.4, 0.5) is 0 Å². The van der Waals surface area contributed by atoms with Gasteiger partial charge in [0.05, 0.1) is 6.20 Å². The van der Waals surface area contributed by atoms with Crippen molar-refractivity contribution < 1.29 is 4.79 Å². The van der Waals surface area contributed by atoms with Crippen LogP contribution < -0.4 is 5.56 Å². The topological polar surface area (TPSA) is 60.1 Å².